The van der Waals surface area contributed by atoms with Gasteiger partial charge in [-0.2, -0.15) is 0 Å². The Balaban J connectivity index is 2.36. The molecule has 5 nitrogen and oxygen atoms in total. The monoisotopic (exact) mass is 287 g/mol. The number of furan rings is 1. The molecule has 0 spiro atoms. The van der Waals surface area contributed by atoms with Gasteiger partial charge < -0.3 is 14.4 Å². The maximum absolute atomic E-state index is 11.5. The van der Waals surface area contributed by atoms with Crippen molar-refractivity contribution >= 4 is 27.8 Å². The summed E-state index contributed by atoms with van der Waals surface area (Å²) in [7, 11) is 1.59. The Labute approximate surface area is 100 Å². The molecule has 6 heteroatoms. The smallest absolute Gasteiger partial charge is 0.309 e. The zero-order valence-corrected chi connectivity index (χ0v) is 10.1. The van der Waals surface area contributed by atoms with Gasteiger partial charge in [0.25, 0.3) is 0 Å². The predicted octanol–water partition coefficient (Wildman–Crippen LogP) is 1.65. The second-order valence-electron chi connectivity index (χ2n) is 3.74. The average Bonchev–Trinajstić information content (AvgIpc) is 2.73. The van der Waals surface area contributed by atoms with Gasteiger partial charge in [0, 0.05) is 13.5 Å². The largest absolute Gasteiger partial charge is 0.481 e. The summed E-state index contributed by atoms with van der Waals surface area (Å²) in [5.41, 5.74) is 0. The molecular weight excluding hydrogens is 278 g/mol. The normalized spacial score (nSPS) is 25.1. The molecule has 0 bridgehead atoms. The number of carboxylic acids is 1. The lowest BCUT2D eigenvalue weighted by atomic mass is 9.99. The summed E-state index contributed by atoms with van der Waals surface area (Å²) in [6.07, 6.45) is 0.0226. The molecule has 2 rings (SSSR count). The molecule has 0 aliphatic carbocycles. The molecule has 86 valence electrons. The van der Waals surface area contributed by atoms with Gasteiger partial charge in [0.15, 0.2) is 4.67 Å². The topological polar surface area (TPSA) is 70.8 Å². The molecule has 1 aliphatic heterocycles. The second-order valence-corrected chi connectivity index (χ2v) is 4.52. The first-order valence-corrected chi connectivity index (χ1v) is 5.53. The second kappa shape index (κ2) is 3.93. The molecule has 1 aromatic heterocycles. The molecule has 1 aliphatic rings. The maximum Gasteiger partial charge on any atom is 0.309 e. The molecule has 16 heavy (non-hydrogen) atoms. The minimum atomic E-state index is -0.977. The van der Waals surface area contributed by atoms with Gasteiger partial charge in [0.05, 0.1) is 5.92 Å². The summed E-state index contributed by atoms with van der Waals surface area (Å²) in [5.74, 6) is -1.40. The van der Waals surface area contributed by atoms with Crippen molar-refractivity contribution in [2.24, 2.45) is 5.92 Å². The molecular formula is C10H10BrNO4. The SMILES string of the molecule is CN1C(=O)CC(C(=O)O)C1c1ccc(Br)o1. The summed E-state index contributed by atoms with van der Waals surface area (Å²) >= 11 is 3.15. The van der Waals surface area contributed by atoms with Crippen molar-refractivity contribution in [2.45, 2.75) is 12.5 Å². The molecule has 1 N–H and O–H groups in total. The Morgan fingerprint density at radius 2 is 2.31 bits per heavy atom. The third-order valence-electron chi connectivity index (χ3n) is 2.79. The van der Waals surface area contributed by atoms with Crippen LogP contribution in [0.1, 0.15) is 18.2 Å². The third-order valence-corrected chi connectivity index (χ3v) is 3.22. The molecule has 0 radical (unpaired) electrons. The van der Waals surface area contributed by atoms with E-state index in [-0.39, 0.29) is 12.3 Å². The number of likely N-dealkylation sites (tertiary alicyclic amines) is 1. The molecule has 1 amide bonds. The van der Waals surface area contributed by atoms with Crippen LogP contribution in [0.25, 0.3) is 0 Å². The first-order valence-electron chi connectivity index (χ1n) is 4.74. The van der Waals surface area contributed by atoms with E-state index in [0.717, 1.165) is 0 Å². The van der Waals surface area contributed by atoms with Crippen molar-refractivity contribution in [1.82, 2.24) is 4.90 Å². The number of nitrogens with zero attached hydrogens (tertiary/aromatic N) is 1. The van der Waals surface area contributed by atoms with E-state index in [1.165, 1.54) is 4.90 Å². The predicted molar refractivity (Wildman–Crippen MR) is 57.7 cm³/mol. The van der Waals surface area contributed by atoms with E-state index in [9.17, 15) is 9.59 Å². The Hall–Kier alpha value is -1.30. The minimum Gasteiger partial charge on any atom is -0.481 e. The first kappa shape index (κ1) is 11.2. The minimum absolute atomic E-state index is 0.0226. The van der Waals surface area contributed by atoms with E-state index in [1.807, 2.05) is 0 Å². The summed E-state index contributed by atoms with van der Waals surface area (Å²) < 4.78 is 5.85. The highest BCUT2D eigenvalue weighted by Gasteiger charge is 2.44. The number of carbonyl (C=O) groups is 2. The Kier molecular flexibility index (Phi) is 2.75. The standard InChI is InChI=1S/C10H10BrNO4/c1-12-8(13)4-5(10(14)15)9(12)6-2-3-7(11)16-6/h2-3,5,9H,4H2,1H3,(H,14,15). The van der Waals surface area contributed by atoms with Gasteiger partial charge >= 0.3 is 5.97 Å². The fourth-order valence-corrected chi connectivity index (χ4v) is 2.29. The fraction of sp³-hybridized carbons (Fsp3) is 0.400. The van der Waals surface area contributed by atoms with Crippen LogP contribution in [0.3, 0.4) is 0 Å². The number of aliphatic carboxylic acids is 1. The number of carbonyl (C=O) groups excluding carboxylic acids is 1. The van der Waals surface area contributed by atoms with Crippen LogP contribution in [-0.2, 0) is 9.59 Å². The van der Waals surface area contributed by atoms with E-state index >= 15 is 0 Å². The first-order chi connectivity index (χ1) is 7.50. The van der Waals surface area contributed by atoms with Crippen LogP contribution in [0.4, 0.5) is 0 Å². The molecule has 1 fully saturated rings. The molecule has 2 atom stereocenters. The lowest BCUT2D eigenvalue weighted by molar-refractivity contribution is -0.142. The highest BCUT2D eigenvalue weighted by Crippen LogP contribution is 2.38. The van der Waals surface area contributed by atoms with Crippen molar-refractivity contribution < 1.29 is 19.1 Å². The Morgan fingerprint density at radius 3 is 2.81 bits per heavy atom. The summed E-state index contributed by atoms with van der Waals surface area (Å²) in [4.78, 5) is 24.0. The van der Waals surface area contributed by atoms with Crippen LogP contribution >= 0.6 is 15.9 Å². The lowest BCUT2D eigenvalue weighted by Gasteiger charge is -2.20. The van der Waals surface area contributed by atoms with E-state index in [1.54, 1.807) is 19.2 Å². The van der Waals surface area contributed by atoms with Crippen molar-refractivity contribution in [2.75, 3.05) is 7.05 Å². The van der Waals surface area contributed by atoms with Gasteiger partial charge in [-0.25, -0.2) is 0 Å². The zero-order valence-electron chi connectivity index (χ0n) is 8.51. The van der Waals surface area contributed by atoms with E-state index in [0.29, 0.717) is 10.4 Å². The van der Waals surface area contributed by atoms with Crippen molar-refractivity contribution in [3.63, 3.8) is 0 Å². The van der Waals surface area contributed by atoms with Crippen LogP contribution in [0, 0.1) is 5.92 Å². The Morgan fingerprint density at radius 1 is 1.62 bits per heavy atom. The van der Waals surface area contributed by atoms with Gasteiger partial charge in [-0.05, 0) is 28.1 Å². The highest BCUT2D eigenvalue weighted by molar-refractivity contribution is 9.10. The molecule has 0 aromatic carbocycles. The highest BCUT2D eigenvalue weighted by atomic mass is 79.9. The third kappa shape index (κ3) is 1.73. The van der Waals surface area contributed by atoms with Gasteiger partial charge in [0.1, 0.15) is 11.8 Å². The van der Waals surface area contributed by atoms with Gasteiger partial charge in [-0.1, -0.05) is 0 Å². The van der Waals surface area contributed by atoms with Crippen molar-refractivity contribution in [3.05, 3.63) is 22.6 Å². The van der Waals surface area contributed by atoms with Crippen molar-refractivity contribution in [1.29, 1.82) is 0 Å². The average molecular weight is 288 g/mol. The van der Waals surface area contributed by atoms with E-state index in [4.69, 9.17) is 9.52 Å². The quantitative estimate of drug-likeness (QED) is 0.898. The Bertz CT molecular complexity index is 442. The van der Waals surface area contributed by atoms with E-state index in [2.05, 4.69) is 15.9 Å². The van der Waals surface area contributed by atoms with Crippen LogP contribution in [0.15, 0.2) is 21.2 Å². The molecule has 1 saturated heterocycles. The molecule has 1 aromatic rings. The van der Waals surface area contributed by atoms with E-state index < -0.39 is 17.9 Å². The van der Waals surface area contributed by atoms with Gasteiger partial charge in [-0.15, -0.1) is 0 Å². The summed E-state index contributed by atoms with van der Waals surface area (Å²) in [5, 5.41) is 9.06. The molecule has 0 saturated carbocycles. The lowest BCUT2D eigenvalue weighted by Crippen LogP contribution is -2.26. The summed E-state index contributed by atoms with van der Waals surface area (Å²) in [6, 6.07) is 2.85. The van der Waals surface area contributed by atoms with Crippen LogP contribution in [0.2, 0.25) is 0 Å². The van der Waals surface area contributed by atoms with Gasteiger partial charge in [-0.3, -0.25) is 9.59 Å². The van der Waals surface area contributed by atoms with Crippen LogP contribution in [0.5, 0.6) is 0 Å². The number of hydrogen-bond acceptors (Lipinski definition) is 3. The van der Waals surface area contributed by atoms with Crippen LogP contribution in [-0.4, -0.2) is 28.9 Å². The van der Waals surface area contributed by atoms with Crippen molar-refractivity contribution in [3.8, 4) is 0 Å². The number of halogens is 1. The molecule has 2 unspecified atom stereocenters. The number of rotatable bonds is 2. The number of carboxylic acid groups (broad SMARTS) is 1. The zero-order chi connectivity index (χ0) is 11.9. The number of amides is 1. The van der Waals surface area contributed by atoms with Gasteiger partial charge in [0.2, 0.25) is 5.91 Å². The van der Waals surface area contributed by atoms with Crippen LogP contribution < -0.4 is 0 Å². The maximum atomic E-state index is 11.5. The molecule has 2 heterocycles. The summed E-state index contributed by atoms with van der Waals surface area (Å²) in [6.45, 7) is 0. The number of hydrogen-bond donors (Lipinski definition) is 1. The fourth-order valence-electron chi connectivity index (χ4n) is 1.97.